The Balaban J connectivity index is 1.25. The average molecular weight is 472 g/mol. The van der Waals surface area contributed by atoms with Gasteiger partial charge in [-0.2, -0.15) is 5.10 Å². The van der Waals surface area contributed by atoms with Crippen molar-refractivity contribution in [2.45, 2.75) is 25.7 Å². The predicted octanol–water partition coefficient (Wildman–Crippen LogP) is 4.73. The fraction of sp³-hybridized carbons (Fsp3) is 0.222. The van der Waals surface area contributed by atoms with E-state index in [-0.39, 0.29) is 17.5 Å². The first-order valence-electron chi connectivity index (χ1n) is 11.4. The Bertz CT molecular complexity index is 1320. The molecule has 0 saturated carbocycles. The Morgan fingerprint density at radius 3 is 2.83 bits per heavy atom. The summed E-state index contributed by atoms with van der Waals surface area (Å²) in [6.07, 6.45) is 8.77. The Labute approximate surface area is 203 Å². The smallest absolute Gasteiger partial charge is 0.271 e. The molecule has 7 nitrogen and oxygen atoms in total. The lowest BCUT2D eigenvalue weighted by molar-refractivity contribution is -0.116. The molecule has 0 unspecified atom stereocenters. The van der Waals surface area contributed by atoms with Gasteiger partial charge in [-0.3, -0.25) is 14.7 Å². The number of nitrogens with zero attached hydrogens (tertiary/aromatic N) is 3. The average Bonchev–Trinajstić information content (AvgIpc) is 3.52. The van der Waals surface area contributed by atoms with Crippen LogP contribution in [0.2, 0.25) is 0 Å². The van der Waals surface area contributed by atoms with Crippen LogP contribution in [-0.2, 0) is 4.79 Å². The first-order chi connectivity index (χ1) is 17.0. The third-order valence-corrected chi connectivity index (χ3v) is 5.61. The van der Waals surface area contributed by atoms with Crippen molar-refractivity contribution in [3.05, 3.63) is 84.2 Å². The van der Waals surface area contributed by atoms with Crippen molar-refractivity contribution < 1.29 is 14.0 Å². The first-order valence-corrected chi connectivity index (χ1v) is 11.4. The van der Waals surface area contributed by atoms with Crippen LogP contribution in [0.3, 0.4) is 0 Å². The number of carbonyl (C=O) groups excluding carboxylic acids is 2. The van der Waals surface area contributed by atoms with Crippen molar-refractivity contribution in [1.29, 1.82) is 0 Å². The lowest BCUT2D eigenvalue weighted by atomic mass is 10.1. The predicted molar refractivity (Wildman–Crippen MR) is 133 cm³/mol. The number of hydrogen-bond donors (Lipinski definition) is 2. The van der Waals surface area contributed by atoms with E-state index >= 15 is 0 Å². The third kappa shape index (κ3) is 5.95. The second-order valence-electron chi connectivity index (χ2n) is 8.14. The van der Waals surface area contributed by atoms with Crippen LogP contribution in [0.25, 0.3) is 11.3 Å². The van der Waals surface area contributed by atoms with Crippen molar-refractivity contribution in [3.63, 3.8) is 0 Å². The van der Waals surface area contributed by atoms with E-state index in [9.17, 15) is 14.0 Å². The summed E-state index contributed by atoms with van der Waals surface area (Å²) < 4.78 is 16.1. The summed E-state index contributed by atoms with van der Waals surface area (Å²) in [6, 6.07) is 13.0. The van der Waals surface area contributed by atoms with Crippen molar-refractivity contribution in [2.75, 3.05) is 18.9 Å². The second-order valence-corrected chi connectivity index (χ2v) is 8.14. The highest BCUT2D eigenvalue weighted by atomic mass is 19.1. The number of rotatable bonds is 9. The van der Waals surface area contributed by atoms with Crippen LogP contribution >= 0.6 is 0 Å². The molecule has 0 aliphatic heterocycles. The molecular weight excluding hydrogens is 445 g/mol. The van der Waals surface area contributed by atoms with Crippen LogP contribution in [0, 0.1) is 11.8 Å². The molecule has 0 radical (unpaired) electrons. The fourth-order valence-electron chi connectivity index (χ4n) is 3.75. The van der Waals surface area contributed by atoms with E-state index < -0.39 is 5.83 Å². The summed E-state index contributed by atoms with van der Waals surface area (Å²) >= 11 is 0. The highest BCUT2D eigenvalue weighted by Crippen LogP contribution is 2.25. The van der Waals surface area contributed by atoms with Crippen LogP contribution < -0.4 is 5.32 Å². The molecule has 178 valence electrons. The molecule has 0 fully saturated rings. The number of aromatic nitrogens is 3. The SMILES string of the molecule is CN(CCCCC(=O)Nc1ccccc1-n1cccc1)C(=O)c1cc(C2=CCC#CC=C2F)n[nH]1. The number of para-hydroxylation sites is 2. The normalized spacial score (nSPS) is 12.6. The number of H-pyrrole nitrogens is 1. The first kappa shape index (κ1) is 23.8. The maximum absolute atomic E-state index is 14.2. The molecule has 1 aliphatic rings. The van der Waals surface area contributed by atoms with Crippen LogP contribution in [0.15, 0.2) is 72.8 Å². The van der Waals surface area contributed by atoms with Crippen molar-refractivity contribution in [1.82, 2.24) is 19.7 Å². The quantitative estimate of drug-likeness (QED) is 0.350. The zero-order chi connectivity index (χ0) is 24.6. The third-order valence-electron chi connectivity index (χ3n) is 5.61. The summed E-state index contributed by atoms with van der Waals surface area (Å²) in [7, 11) is 1.69. The number of aromatic amines is 1. The van der Waals surface area contributed by atoms with Gasteiger partial charge in [0, 0.05) is 50.5 Å². The van der Waals surface area contributed by atoms with Crippen LogP contribution in [0.4, 0.5) is 10.1 Å². The van der Waals surface area contributed by atoms with Crippen molar-refractivity contribution in [3.8, 4) is 17.5 Å². The number of carbonyl (C=O) groups is 2. The van der Waals surface area contributed by atoms with Crippen LogP contribution in [-0.4, -0.2) is 45.1 Å². The standard InChI is InChI=1S/C27H26FN5O2/c1-32(27(35)24-19-23(30-31-24)20-11-3-2-4-12-21(20)28)16-8-7-15-26(34)29-22-13-5-6-14-25(22)33-17-9-10-18-33/h5-6,9-14,17-19H,3,7-8,15-16H2,1H3,(H,29,34)(H,30,31). The summed E-state index contributed by atoms with van der Waals surface area (Å²) in [5.74, 6) is 4.63. The summed E-state index contributed by atoms with van der Waals surface area (Å²) in [5.41, 5.74) is 2.60. The summed E-state index contributed by atoms with van der Waals surface area (Å²) in [5, 5.41) is 9.76. The highest BCUT2D eigenvalue weighted by Gasteiger charge is 2.18. The van der Waals surface area contributed by atoms with Crippen LogP contribution in [0.1, 0.15) is 41.9 Å². The lowest BCUT2D eigenvalue weighted by Gasteiger charge is -2.16. The number of benzene rings is 1. The number of hydrogen-bond acceptors (Lipinski definition) is 3. The van der Waals surface area contributed by atoms with Gasteiger partial charge in [0.15, 0.2) is 0 Å². The molecular formula is C27H26FN5O2. The minimum Gasteiger partial charge on any atom is -0.340 e. The summed E-state index contributed by atoms with van der Waals surface area (Å²) in [4.78, 5) is 26.8. The largest absolute Gasteiger partial charge is 0.340 e. The van der Waals surface area contributed by atoms with E-state index in [2.05, 4.69) is 27.4 Å². The molecule has 8 heteroatoms. The highest BCUT2D eigenvalue weighted by molar-refractivity contribution is 5.94. The zero-order valence-electron chi connectivity index (χ0n) is 19.4. The monoisotopic (exact) mass is 471 g/mol. The van der Waals surface area contributed by atoms with E-state index in [0.29, 0.717) is 43.5 Å². The zero-order valence-corrected chi connectivity index (χ0v) is 19.4. The van der Waals surface area contributed by atoms with Crippen LogP contribution in [0.5, 0.6) is 0 Å². The molecule has 35 heavy (non-hydrogen) atoms. The second kappa shape index (κ2) is 11.2. The molecule has 2 heterocycles. The molecule has 3 aromatic rings. The van der Waals surface area contributed by atoms with Gasteiger partial charge in [0.25, 0.3) is 5.91 Å². The van der Waals surface area contributed by atoms with Gasteiger partial charge in [-0.1, -0.05) is 30.0 Å². The number of nitrogens with one attached hydrogen (secondary N) is 2. The summed E-state index contributed by atoms with van der Waals surface area (Å²) in [6.45, 7) is 0.477. The number of allylic oxidation sites excluding steroid dienone is 4. The minimum absolute atomic E-state index is 0.0764. The molecule has 2 N–H and O–H groups in total. The van der Waals surface area contributed by atoms with E-state index in [0.717, 1.165) is 11.4 Å². The fourth-order valence-corrected chi connectivity index (χ4v) is 3.75. The number of unbranched alkanes of at least 4 members (excludes halogenated alkanes) is 1. The molecule has 1 aromatic carbocycles. The Morgan fingerprint density at radius 1 is 1.20 bits per heavy atom. The van der Waals surface area contributed by atoms with E-state index in [1.165, 1.54) is 6.08 Å². The van der Waals surface area contributed by atoms with Crippen molar-refractivity contribution >= 4 is 23.1 Å². The van der Waals surface area contributed by atoms with Gasteiger partial charge in [-0.25, -0.2) is 4.39 Å². The van der Waals surface area contributed by atoms with Gasteiger partial charge in [0.2, 0.25) is 5.91 Å². The Kier molecular flexibility index (Phi) is 7.58. The van der Waals surface area contributed by atoms with Crippen molar-refractivity contribution in [2.24, 2.45) is 0 Å². The number of amides is 2. The van der Waals surface area contributed by atoms with E-state index in [1.807, 2.05) is 53.4 Å². The Hall–Kier alpha value is -4.38. The molecule has 0 bridgehead atoms. The lowest BCUT2D eigenvalue weighted by Crippen LogP contribution is -2.28. The number of halogens is 1. The molecule has 2 aromatic heterocycles. The molecule has 4 rings (SSSR count). The van der Waals surface area contributed by atoms with Gasteiger partial charge in [0.1, 0.15) is 11.5 Å². The molecule has 1 aliphatic carbocycles. The van der Waals surface area contributed by atoms with Gasteiger partial charge >= 0.3 is 0 Å². The molecule has 0 saturated heterocycles. The topological polar surface area (TPSA) is 83.0 Å². The minimum atomic E-state index is -0.469. The molecule has 0 spiro atoms. The van der Waals surface area contributed by atoms with Gasteiger partial charge < -0.3 is 14.8 Å². The molecule has 0 atom stereocenters. The van der Waals surface area contributed by atoms with Gasteiger partial charge in [-0.15, -0.1) is 0 Å². The van der Waals surface area contributed by atoms with Gasteiger partial charge in [-0.05, 0) is 43.2 Å². The maximum Gasteiger partial charge on any atom is 0.271 e. The van der Waals surface area contributed by atoms with E-state index in [4.69, 9.17) is 0 Å². The maximum atomic E-state index is 14.2. The Morgan fingerprint density at radius 2 is 2.00 bits per heavy atom. The van der Waals surface area contributed by atoms with E-state index in [1.54, 1.807) is 24.1 Å². The van der Waals surface area contributed by atoms with Gasteiger partial charge in [0.05, 0.1) is 17.1 Å². The molecule has 2 amide bonds. The number of anilines is 1.